The number of halogens is 1. The van der Waals surface area contributed by atoms with E-state index in [-0.39, 0.29) is 5.95 Å². The minimum Gasteiger partial charge on any atom is -0.184 e. The maximum Gasteiger partial charge on any atom is 0.227 e. The summed E-state index contributed by atoms with van der Waals surface area (Å²) >= 11 is 1.21. The predicted molar refractivity (Wildman–Crippen MR) is 31.5 cm³/mol. The second kappa shape index (κ2) is 1.82. The molecule has 0 aromatic carbocycles. The van der Waals surface area contributed by atoms with Crippen LogP contribution in [0.1, 0.15) is 10.4 Å². The van der Waals surface area contributed by atoms with E-state index in [1.165, 1.54) is 11.5 Å². The van der Waals surface area contributed by atoms with Crippen molar-refractivity contribution >= 4 is 11.5 Å². The first kappa shape index (κ1) is 5.69. The van der Waals surface area contributed by atoms with Gasteiger partial charge in [-0.1, -0.05) is 0 Å². The van der Waals surface area contributed by atoms with Crippen LogP contribution in [-0.2, 0) is 0 Å². The first-order valence-corrected chi connectivity index (χ1v) is 3.07. The molecule has 0 N–H and O–H groups in total. The van der Waals surface area contributed by atoms with E-state index in [4.69, 9.17) is 0 Å². The minimum absolute atomic E-state index is 0.326. The summed E-state index contributed by atoms with van der Waals surface area (Å²) in [6, 6.07) is 0. The Labute approximate surface area is 51.3 Å². The summed E-state index contributed by atoms with van der Waals surface area (Å²) in [6.45, 7) is 3.59. The van der Waals surface area contributed by atoms with Gasteiger partial charge in [0.25, 0.3) is 0 Å². The molecular formula is C5H6FNS. The van der Waals surface area contributed by atoms with Crippen molar-refractivity contribution in [2.24, 2.45) is 0 Å². The van der Waals surface area contributed by atoms with E-state index in [2.05, 4.69) is 4.37 Å². The summed E-state index contributed by atoms with van der Waals surface area (Å²) in [5.41, 5.74) is 0.676. The average molecular weight is 131 g/mol. The van der Waals surface area contributed by atoms with Crippen molar-refractivity contribution in [1.82, 2.24) is 4.37 Å². The number of rotatable bonds is 0. The standard InChI is InChI=1S/C5H6FNS/c1-3-4(2)8-7-5(3)6/h1-2H3. The number of aromatic nitrogens is 1. The summed E-state index contributed by atoms with van der Waals surface area (Å²) in [5.74, 6) is -0.326. The Balaban J connectivity index is 3.19. The molecule has 8 heavy (non-hydrogen) atoms. The van der Waals surface area contributed by atoms with Gasteiger partial charge in [0.05, 0.1) is 0 Å². The number of hydrogen-bond donors (Lipinski definition) is 0. The third-order valence-electron chi connectivity index (χ3n) is 1.10. The maximum absolute atomic E-state index is 12.2. The Morgan fingerprint density at radius 1 is 1.50 bits per heavy atom. The maximum atomic E-state index is 12.2. The lowest BCUT2D eigenvalue weighted by molar-refractivity contribution is 0.588. The van der Waals surface area contributed by atoms with E-state index >= 15 is 0 Å². The Hall–Kier alpha value is -0.440. The van der Waals surface area contributed by atoms with Crippen LogP contribution in [0.3, 0.4) is 0 Å². The number of hydrogen-bond acceptors (Lipinski definition) is 2. The molecule has 0 bridgehead atoms. The van der Waals surface area contributed by atoms with Gasteiger partial charge in [-0.3, -0.25) is 0 Å². The number of aryl methyl sites for hydroxylation is 1. The van der Waals surface area contributed by atoms with Crippen molar-refractivity contribution in [2.45, 2.75) is 13.8 Å². The van der Waals surface area contributed by atoms with Crippen LogP contribution >= 0.6 is 11.5 Å². The Morgan fingerprint density at radius 3 is 2.25 bits per heavy atom. The summed E-state index contributed by atoms with van der Waals surface area (Å²) in [7, 11) is 0. The molecule has 1 nitrogen and oxygen atoms in total. The van der Waals surface area contributed by atoms with Gasteiger partial charge in [-0.25, -0.2) is 0 Å². The van der Waals surface area contributed by atoms with E-state index < -0.39 is 0 Å². The van der Waals surface area contributed by atoms with E-state index in [1.54, 1.807) is 6.92 Å². The fraction of sp³-hybridized carbons (Fsp3) is 0.400. The second-order valence-corrected chi connectivity index (χ2v) is 2.63. The van der Waals surface area contributed by atoms with Gasteiger partial charge in [0.15, 0.2) is 0 Å². The first-order chi connectivity index (χ1) is 3.72. The van der Waals surface area contributed by atoms with Gasteiger partial charge in [0.1, 0.15) is 0 Å². The van der Waals surface area contributed by atoms with Crippen LogP contribution in [0.2, 0.25) is 0 Å². The molecule has 1 rings (SSSR count). The molecule has 0 spiro atoms. The SMILES string of the molecule is Cc1snc(F)c1C. The van der Waals surface area contributed by atoms with Crippen LogP contribution in [-0.4, -0.2) is 4.37 Å². The fourth-order valence-electron chi connectivity index (χ4n) is 0.391. The molecule has 44 valence electrons. The smallest absolute Gasteiger partial charge is 0.184 e. The highest BCUT2D eigenvalue weighted by Crippen LogP contribution is 2.13. The molecule has 0 aliphatic heterocycles. The molecule has 0 saturated carbocycles. The van der Waals surface area contributed by atoms with Crippen LogP contribution in [0.5, 0.6) is 0 Å². The highest BCUT2D eigenvalue weighted by atomic mass is 32.1. The summed E-state index contributed by atoms with van der Waals surface area (Å²) in [5, 5.41) is 0. The Morgan fingerprint density at radius 2 is 2.12 bits per heavy atom. The van der Waals surface area contributed by atoms with Crippen molar-refractivity contribution in [3.05, 3.63) is 16.4 Å². The van der Waals surface area contributed by atoms with Crippen molar-refractivity contribution in [2.75, 3.05) is 0 Å². The lowest BCUT2D eigenvalue weighted by atomic mass is 10.3. The van der Waals surface area contributed by atoms with Gasteiger partial charge in [0.2, 0.25) is 5.95 Å². The predicted octanol–water partition coefficient (Wildman–Crippen LogP) is 1.90. The molecule has 1 heterocycles. The number of nitrogens with zero attached hydrogens (tertiary/aromatic N) is 1. The molecule has 0 saturated heterocycles. The lowest BCUT2D eigenvalue weighted by Gasteiger charge is -1.80. The molecule has 0 unspecified atom stereocenters. The van der Waals surface area contributed by atoms with Crippen LogP contribution in [0, 0.1) is 19.8 Å². The third kappa shape index (κ3) is 0.733. The van der Waals surface area contributed by atoms with Crippen LogP contribution in [0.4, 0.5) is 4.39 Å². The zero-order valence-corrected chi connectivity index (χ0v) is 5.55. The van der Waals surface area contributed by atoms with Crippen molar-refractivity contribution < 1.29 is 4.39 Å². The minimum atomic E-state index is -0.326. The van der Waals surface area contributed by atoms with Gasteiger partial charge >= 0.3 is 0 Å². The highest BCUT2D eigenvalue weighted by molar-refractivity contribution is 7.05. The monoisotopic (exact) mass is 131 g/mol. The Bertz CT molecular complexity index is 175. The average Bonchev–Trinajstić information content (AvgIpc) is 1.98. The summed E-state index contributed by atoms with van der Waals surface area (Å²) < 4.78 is 15.7. The topological polar surface area (TPSA) is 12.9 Å². The van der Waals surface area contributed by atoms with Crippen LogP contribution in [0.25, 0.3) is 0 Å². The van der Waals surface area contributed by atoms with Crippen LogP contribution in [0.15, 0.2) is 0 Å². The van der Waals surface area contributed by atoms with Gasteiger partial charge in [-0.2, -0.15) is 8.76 Å². The van der Waals surface area contributed by atoms with Crippen molar-refractivity contribution in [1.29, 1.82) is 0 Å². The highest BCUT2D eigenvalue weighted by Gasteiger charge is 2.01. The largest absolute Gasteiger partial charge is 0.227 e. The second-order valence-electron chi connectivity index (χ2n) is 1.65. The van der Waals surface area contributed by atoms with Crippen molar-refractivity contribution in [3.8, 4) is 0 Å². The molecule has 0 aliphatic rings. The quantitative estimate of drug-likeness (QED) is 0.524. The molecule has 0 amide bonds. The molecule has 1 aromatic rings. The van der Waals surface area contributed by atoms with Gasteiger partial charge in [-0.05, 0) is 25.4 Å². The van der Waals surface area contributed by atoms with Gasteiger partial charge in [0, 0.05) is 10.4 Å². The molecule has 0 aliphatic carbocycles. The molecule has 0 radical (unpaired) electrons. The summed E-state index contributed by atoms with van der Waals surface area (Å²) in [6.07, 6.45) is 0. The zero-order valence-electron chi connectivity index (χ0n) is 4.73. The zero-order chi connectivity index (χ0) is 6.15. The lowest BCUT2D eigenvalue weighted by Crippen LogP contribution is -1.74. The van der Waals surface area contributed by atoms with Gasteiger partial charge < -0.3 is 0 Å². The third-order valence-corrected chi connectivity index (χ3v) is 1.93. The molecule has 3 heteroatoms. The fourth-order valence-corrected chi connectivity index (χ4v) is 0.966. The first-order valence-electron chi connectivity index (χ1n) is 2.30. The van der Waals surface area contributed by atoms with E-state index in [1.807, 2.05) is 6.92 Å². The van der Waals surface area contributed by atoms with Gasteiger partial charge in [-0.15, -0.1) is 0 Å². The van der Waals surface area contributed by atoms with E-state index in [0.717, 1.165) is 4.88 Å². The van der Waals surface area contributed by atoms with Crippen LogP contribution < -0.4 is 0 Å². The van der Waals surface area contributed by atoms with E-state index in [0.29, 0.717) is 5.56 Å². The van der Waals surface area contributed by atoms with Crippen molar-refractivity contribution in [3.63, 3.8) is 0 Å². The molecule has 0 fully saturated rings. The van der Waals surface area contributed by atoms with E-state index in [9.17, 15) is 4.39 Å². The molecule has 0 atom stereocenters. The molecular weight excluding hydrogens is 125 g/mol. The molecule has 1 aromatic heterocycles. The normalized spacial score (nSPS) is 9.88. The summed E-state index contributed by atoms with van der Waals surface area (Å²) in [4.78, 5) is 0.961. The Kier molecular flexibility index (Phi) is 1.29.